The van der Waals surface area contributed by atoms with Crippen molar-refractivity contribution in [3.05, 3.63) is 0 Å². The Bertz CT molecular complexity index is 259. The first kappa shape index (κ1) is 15.9. The van der Waals surface area contributed by atoms with Gasteiger partial charge in [-0.3, -0.25) is 9.59 Å². The van der Waals surface area contributed by atoms with E-state index in [0.29, 0.717) is 0 Å². The molecule has 0 aliphatic heterocycles. The second-order valence-electron chi connectivity index (χ2n) is 5.21. The van der Waals surface area contributed by atoms with E-state index in [1.165, 1.54) is 0 Å². The number of hydrogen-bond acceptors (Lipinski definition) is 3. The van der Waals surface area contributed by atoms with Gasteiger partial charge < -0.3 is 16.0 Å². The molecule has 0 aromatic rings. The molecule has 0 aliphatic rings. The van der Waals surface area contributed by atoms with E-state index in [1.807, 2.05) is 27.7 Å². The van der Waals surface area contributed by atoms with E-state index in [1.54, 1.807) is 6.92 Å². The van der Waals surface area contributed by atoms with E-state index >= 15 is 0 Å². The van der Waals surface area contributed by atoms with Crippen LogP contribution < -0.4 is 16.0 Å². The molecular weight excluding hydrogens is 218 g/mol. The molecule has 5 heteroatoms. The highest BCUT2D eigenvalue weighted by atomic mass is 16.2. The monoisotopic (exact) mass is 243 g/mol. The van der Waals surface area contributed by atoms with Crippen LogP contribution >= 0.6 is 0 Å². The lowest BCUT2D eigenvalue weighted by atomic mass is 10.1. The summed E-state index contributed by atoms with van der Waals surface area (Å²) in [5, 5.41) is 8.45. The third-order valence-corrected chi connectivity index (χ3v) is 1.98. The van der Waals surface area contributed by atoms with Crippen LogP contribution in [0.4, 0.5) is 0 Å². The summed E-state index contributed by atoms with van der Waals surface area (Å²) in [5.74, 6) is -0.323. The minimum absolute atomic E-state index is 0.157. The lowest BCUT2D eigenvalue weighted by Crippen LogP contribution is -2.52. The maximum absolute atomic E-state index is 11.7. The fourth-order valence-corrected chi connectivity index (χ4v) is 1.21. The normalized spacial score (nSPS) is 13.0. The summed E-state index contributed by atoms with van der Waals surface area (Å²) >= 11 is 0. The maximum atomic E-state index is 11.7. The highest BCUT2D eigenvalue weighted by Crippen LogP contribution is 1.99. The summed E-state index contributed by atoms with van der Waals surface area (Å²) in [6.45, 7) is 10.5. The summed E-state index contributed by atoms with van der Waals surface area (Å²) < 4.78 is 0. The van der Waals surface area contributed by atoms with E-state index in [9.17, 15) is 9.59 Å². The van der Waals surface area contributed by atoms with Crippen molar-refractivity contribution in [1.82, 2.24) is 16.0 Å². The van der Waals surface area contributed by atoms with Crippen LogP contribution in [0.25, 0.3) is 0 Å². The van der Waals surface area contributed by atoms with E-state index < -0.39 is 6.04 Å². The van der Waals surface area contributed by atoms with Gasteiger partial charge in [0.2, 0.25) is 11.8 Å². The van der Waals surface area contributed by atoms with Gasteiger partial charge in [0, 0.05) is 5.54 Å². The first-order valence-electron chi connectivity index (χ1n) is 6.08. The van der Waals surface area contributed by atoms with Crippen molar-refractivity contribution in [3.8, 4) is 0 Å². The van der Waals surface area contributed by atoms with Crippen LogP contribution in [0.1, 0.15) is 41.0 Å². The molecule has 5 nitrogen and oxygen atoms in total. The minimum Gasteiger partial charge on any atom is -0.350 e. The van der Waals surface area contributed by atoms with Crippen LogP contribution in [0, 0.1) is 0 Å². The van der Waals surface area contributed by atoms with Gasteiger partial charge in [0.25, 0.3) is 0 Å². The molecule has 0 saturated carbocycles. The molecule has 0 radical (unpaired) electrons. The van der Waals surface area contributed by atoms with Crippen LogP contribution in [0.5, 0.6) is 0 Å². The molecule has 0 heterocycles. The van der Waals surface area contributed by atoms with Gasteiger partial charge in [-0.05, 0) is 40.7 Å². The predicted molar refractivity (Wildman–Crippen MR) is 68.7 cm³/mol. The maximum Gasteiger partial charge on any atom is 0.242 e. The Kier molecular flexibility index (Phi) is 6.80. The second-order valence-corrected chi connectivity index (χ2v) is 5.21. The third-order valence-electron chi connectivity index (χ3n) is 1.98. The van der Waals surface area contributed by atoms with Gasteiger partial charge in [-0.2, -0.15) is 0 Å². The zero-order valence-electron chi connectivity index (χ0n) is 11.5. The third kappa shape index (κ3) is 8.68. The van der Waals surface area contributed by atoms with Gasteiger partial charge in [0.15, 0.2) is 0 Å². The SMILES string of the molecule is CCCNCC(=O)NC(C)C(=O)NC(C)(C)C. The Labute approximate surface area is 104 Å². The highest BCUT2D eigenvalue weighted by molar-refractivity contribution is 5.88. The molecule has 1 unspecified atom stereocenters. The van der Waals surface area contributed by atoms with Crippen LogP contribution in [0.3, 0.4) is 0 Å². The summed E-state index contributed by atoms with van der Waals surface area (Å²) in [6.07, 6.45) is 0.980. The van der Waals surface area contributed by atoms with Crippen molar-refractivity contribution in [1.29, 1.82) is 0 Å². The molecule has 0 fully saturated rings. The molecule has 100 valence electrons. The van der Waals surface area contributed by atoms with Crippen molar-refractivity contribution in [2.45, 2.75) is 52.6 Å². The van der Waals surface area contributed by atoms with Crippen molar-refractivity contribution >= 4 is 11.8 Å². The zero-order valence-corrected chi connectivity index (χ0v) is 11.5. The molecule has 2 amide bonds. The van der Waals surface area contributed by atoms with Gasteiger partial charge in [-0.15, -0.1) is 0 Å². The van der Waals surface area contributed by atoms with E-state index in [4.69, 9.17) is 0 Å². The Morgan fingerprint density at radius 3 is 2.29 bits per heavy atom. The summed E-state index contributed by atoms with van der Waals surface area (Å²) in [4.78, 5) is 23.1. The highest BCUT2D eigenvalue weighted by Gasteiger charge is 2.20. The topological polar surface area (TPSA) is 70.2 Å². The minimum atomic E-state index is -0.509. The number of carbonyl (C=O) groups excluding carboxylic acids is 2. The van der Waals surface area contributed by atoms with Crippen molar-refractivity contribution in [2.75, 3.05) is 13.1 Å². The van der Waals surface area contributed by atoms with Crippen LogP contribution in [-0.4, -0.2) is 36.5 Å². The number of amides is 2. The summed E-state index contributed by atoms with van der Waals surface area (Å²) in [6, 6.07) is -0.509. The Hall–Kier alpha value is -1.10. The number of nitrogens with one attached hydrogen (secondary N) is 3. The van der Waals surface area contributed by atoms with Gasteiger partial charge in [-0.1, -0.05) is 6.92 Å². The smallest absolute Gasteiger partial charge is 0.242 e. The molecule has 0 saturated heterocycles. The van der Waals surface area contributed by atoms with Crippen molar-refractivity contribution < 1.29 is 9.59 Å². The first-order valence-corrected chi connectivity index (χ1v) is 6.08. The molecule has 0 spiro atoms. The molecule has 3 N–H and O–H groups in total. The Morgan fingerprint density at radius 2 is 1.82 bits per heavy atom. The number of rotatable bonds is 6. The second kappa shape index (κ2) is 7.27. The van der Waals surface area contributed by atoms with Gasteiger partial charge in [-0.25, -0.2) is 0 Å². The lowest BCUT2D eigenvalue weighted by Gasteiger charge is -2.23. The molecule has 17 heavy (non-hydrogen) atoms. The number of carbonyl (C=O) groups is 2. The molecule has 0 aliphatic carbocycles. The Balaban J connectivity index is 3.95. The fraction of sp³-hybridized carbons (Fsp3) is 0.833. The van der Waals surface area contributed by atoms with E-state index in [-0.39, 0.29) is 23.9 Å². The largest absolute Gasteiger partial charge is 0.350 e. The fourth-order valence-electron chi connectivity index (χ4n) is 1.21. The van der Waals surface area contributed by atoms with Gasteiger partial charge in [0.1, 0.15) is 6.04 Å². The average Bonchev–Trinajstić information content (AvgIpc) is 2.15. The lowest BCUT2D eigenvalue weighted by molar-refractivity contribution is -0.129. The zero-order chi connectivity index (χ0) is 13.5. The van der Waals surface area contributed by atoms with Gasteiger partial charge >= 0.3 is 0 Å². The molecule has 0 aromatic heterocycles. The van der Waals surface area contributed by atoms with Crippen LogP contribution in [0.2, 0.25) is 0 Å². The Morgan fingerprint density at radius 1 is 1.24 bits per heavy atom. The molecule has 0 bridgehead atoms. The van der Waals surface area contributed by atoms with Crippen LogP contribution in [0.15, 0.2) is 0 Å². The van der Waals surface area contributed by atoms with Crippen LogP contribution in [-0.2, 0) is 9.59 Å². The molecular formula is C12H25N3O2. The quantitative estimate of drug-likeness (QED) is 0.592. The average molecular weight is 243 g/mol. The van der Waals surface area contributed by atoms with E-state index in [2.05, 4.69) is 16.0 Å². The standard InChI is InChI=1S/C12H25N3O2/c1-6-7-13-8-10(16)14-9(2)11(17)15-12(3,4)5/h9,13H,6-8H2,1-5H3,(H,14,16)(H,15,17). The predicted octanol–water partition coefficient (Wildman–Crippen LogP) is 0.405. The van der Waals surface area contributed by atoms with E-state index in [0.717, 1.165) is 13.0 Å². The summed E-state index contributed by atoms with van der Waals surface area (Å²) in [5.41, 5.74) is -0.281. The van der Waals surface area contributed by atoms with Crippen molar-refractivity contribution in [3.63, 3.8) is 0 Å². The molecule has 0 rings (SSSR count). The summed E-state index contributed by atoms with van der Waals surface area (Å²) in [7, 11) is 0. The molecule has 0 aromatic carbocycles. The van der Waals surface area contributed by atoms with Gasteiger partial charge in [0.05, 0.1) is 6.54 Å². The van der Waals surface area contributed by atoms with Crippen molar-refractivity contribution in [2.24, 2.45) is 0 Å². The number of hydrogen-bond donors (Lipinski definition) is 3. The first-order chi connectivity index (χ1) is 7.76. The molecule has 1 atom stereocenters.